The molecule has 0 saturated carbocycles. The van der Waals surface area contributed by atoms with E-state index in [1.807, 2.05) is 23.6 Å². The van der Waals surface area contributed by atoms with Crippen LogP contribution >= 0.6 is 34.6 Å². The van der Waals surface area contributed by atoms with Crippen molar-refractivity contribution in [3.63, 3.8) is 0 Å². The molecule has 8 heteroatoms. The van der Waals surface area contributed by atoms with Crippen LogP contribution in [0, 0.1) is 17.2 Å². The SMILES string of the molecule is CC(C)CSc1nsc(NC(=O)C(C#N)=Cc2cccs2)n1. The Bertz CT molecular complexity index is 698. The van der Waals surface area contributed by atoms with Gasteiger partial charge in [0.2, 0.25) is 10.3 Å². The van der Waals surface area contributed by atoms with Crippen LogP contribution in [0.1, 0.15) is 18.7 Å². The number of thiophene rings is 1. The maximum atomic E-state index is 12.1. The Morgan fingerprint density at radius 3 is 3.05 bits per heavy atom. The van der Waals surface area contributed by atoms with Gasteiger partial charge in [-0.25, -0.2) is 0 Å². The van der Waals surface area contributed by atoms with Crippen LogP contribution in [0.25, 0.3) is 6.08 Å². The predicted octanol–water partition coefficient (Wildman–Crippen LogP) is 3.89. The summed E-state index contributed by atoms with van der Waals surface area (Å²) in [6.45, 7) is 4.24. The number of hydrogen-bond acceptors (Lipinski definition) is 7. The second-order valence-corrected chi connectivity index (χ2v) is 7.44. The first-order valence-corrected chi connectivity index (χ1v) is 9.15. The van der Waals surface area contributed by atoms with Crippen LogP contribution in [0.2, 0.25) is 0 Å². The third kappa shape index (κ3) is 4.94. The Morgan fingerprint density at radius 2 is 2.41 bits per heavy atom. The van der Waals surface area contributed by atoms with E-state index < -0.39 is 5.91 Å². The molecule has 0 aliphatic rings. The number of anilines is 1. The van der Waals surface area contributed by atoms with Gasteiger partial charge in [0.05, 0.1) is 0 Å². The number of nitrogens with one attached hydrogen (secondary N) is 1. The molecule has 0 fully saturated rings. The van der Waals surface area contributed by atoms with Crippen LogP contribution in [0.4, 0.5) is 5.13 Å². The van der Waals surface area contributed by atoms with E-state index in [0.717, 1.165) is 22.2 Å². The smallest absolute Gasteiger partial charge is 0.268 e. The van der Waals surface area contributed by atoms with Gasteiger partial charge in [-0.15, -0.1) is 11.3 Å². The summed E-state index contributed by atoms with van der Waals surface area (Å²) >= 11 is 4.14. The van der Waals surface area contributed by atoms with Crippen molar-refractivity contribution in [1.82, 2.24) is 9.36 Å². The first-order chi connectivity index (χ1) is 10.6. The number of aromatic nitrogens is 2. The molecule has 0 spiro atoms. The van der Waals surface area contributed by atoms with Crippen molar-refractivity contribution in [3.8, 4) is 6.07 Å². The lowest BCUT2D eigenvalue weighted by Crippen LogP contribution is -2.13. The van der Waals surface area contributed by atoms with Crippen LogP contribution in [0.3, 0.4) is 0 Å². The number of carbonyl (C=O) groups excluding carboxylic acids is 1. The van der Waals surface area contributed by atoms with E-state index in [4.69, 9.17) is 5.26 Å². The van der Waals surface area contributed by atoms with Crippen molar-refractivity contribution >= 4 is 51.7 Å². The Labute approximate surface area is 141 Å². The van der Waals surface area contributed by atoms with Gasteiger partial charge in [0.1, 0.15) is 11.6 Å². The average molecular weight is 350 g/mol. The maximum absolute atomic E-state index is 12.1. The molecule has 0 saturated heterocycles. The van der Waals surface area contributed by atoms with Gasteiger partial charge >= 0.3 is 0 Å². The van der Waals surface area contributed by atoms with Crippen molar-refractivity contribution < 1.29 is 4.79 Å². The quantitative estimate of drug-likeness (QED) is 0.486. The highest BCUT2D eigenvalue weighted by atomic mass is 32.2. The van der Waals surface area contributed by atoms with E-state index in [9.17, 15) is 4.79 Å². The molecule has 114 valence electrons. The summed E-state index contributed by atoms with van der Waals surface area (Å²) in [5.41, 5.74) is 0.0500. The molecule has 0 atom stereocenters. The molecule has 2 heterocycles. The normalized spacial score (nSPS) is 11.5. The third-order valence-corrected chi connectivity index (χ3v) is 5.21. The number of hydrogen-bond donors (Lipinski definition) is 1. The van der Waals surface area contributed by atoms with Gasteiger partial charge in [-0.05, 0) is 23.4 Å². The van der Waals surface area contributed by atoms with Gasteiger partial charge in [0, 0.05) is 22.2 Å². The molecule has 2 aromatic heterocycles. The molecule has 2 rings (SSSR count). The Morgan fingerprint density at radius 1 is 1.59 bits per heavy atom. The minimum atomic E-state index is -0.465. The third-order valence-electron chi connectivity index (χ3n) is 2.37. The van der Waals surface area contributed by atoms with Crippen molar-refractivity contribution in [3.05, 3.63) is 28.0 Å². The standard InChI is InChI=1S/C14H14N4OS3/c1-9(2)8-21-14-17-13(22-18-14)16-12(19)10(7-15)6-11-4-3-5-20-11/h3-6,9H,8H2,1-2H3,(H,16,17,18,19). The molecule has 2 aromatic rings. The molecule has 0 aliphatic heterocycles. The van der Waals surface area contributed by atoms with Crippen LogP contribution < -0.4 is 5.32 Å². The first-order valence-electron chi connectivity index (χ1n) is 6.51. The molecular formula is C14H14N4OS3. The number of carbonyl (C=O) groups is 1. The molecule has 5 nitrogen and oxygen atoms in total. The van der Waals surface area contributed by atoms with E-state index in [1.165, 1.54) is 11.3 Å². The summed E-state index contributed by atoms with van der Waals surface area (Å²) < 4.78 is 4.18. The summed E-state index contributed by atoms with van der Waals surface area (Å²) in [6.07, 6.45) is 1.56. The fourth-order valence-electron chi connectivity index (χ4n) is 1.39. The van der Waals surface area contributed by atoms with E-state index in [1.54, 1.807) is 17.8 Å². The van der Waals surface area contributed by atoms with Gasteiger partial charge in [-0.3, -0.25) is 10.1 Å². The van der Waals surface area contributed by atoms with Gasteiger partial charge in [-0.2, -0.15) is 14.6 Å². The van der Waals surface area contributed by atoms with E-state index in [2.05, 4.69) is 28.5 Å². The summed E-state index contributed by atoms with van der Waals surface area (Å²) in [4.78, 5) is 17.2. The second kappa shape index (κ2) is 8.08. The van der Waals surface area contributed by atoms with E-state index in [0.29, 0.717) is 16.2 Å². The molecule has 1 amide bonds. The fourth-order valence-corrected chi connectivity index (χ4v) is 3.54. The van der Waals surface area contributed by atoms with Crippen LogP contribution in [0.15, 0.2) is 28.2 Å². The van der Waals surface area contributed by atoms with Crippen LogP contribution in [-0.2, 0) is 4.79 Å². The van der Waals surface area contributed by atoms with E-state index in [-0.39, 0.29) is 5.57 Å². The van der Waals surface area contributed by atoms with Crippen LogP contribution in [-0.4, -0.2) is 21.0 Å². The lowest BCUT2D eigenvalue weighted by Gasteiger charge is -2.00. The number of nitriles is 1. The zero-order valence-corrected chi connectivity index (χ0v) is 14.5. The largest absolute Gasteiger partial charge is 0.296 e. The van der Waals surface area contributed by atoms with Crippen molar-refractivity contribution in [2.24, 2.45) is 5.92 Å². The van der Waals surface area contributed by atoms with Gasteiger partial charge < -0.3 is 0 Å². The average Bonchev–Trinajstić information content (AvgIpc) is 3.13. The monoisotopic (exact) mass is 350 g/mol. The topological polar surface area (TPSA) is 78.7 Å². The number of thioether (sulfide) groups is 1. The molecule has 0 radical (unpaired) electrons. The summed E-state index contributed by atoms with van der Waals surface area (Å²) in [5.74, 6) is 1.00. The zero-order valence-electron chi connectivity index (χ0n) is 12.1. The number of nitrogens with zero attached hydrogens (tertiary/aromatic N) is 3. The zero-order chi connectivity index (χ0) is 15.9. The minimum absolute atomic E-state index is 0.0500. The molecule has 0 aromatic carbocycles. The molecule has 0 aliphatic carbocycles. The van der Waals surface area contributed by atoms with Crippen molar-refractivity contribution in [1.29, 1.82) is 5.26 Å². The maximum Gasteiger partial charge on any atom is 0.268 e. The fraction of sp³-hybridized carbons (Fsp3) is 0.286. The molecule has 1 N–H and O–H groups in total. The first kappa shape index (κ1) is 16.7. The molecule has 0 bridgehead atoms. The Kier molecular flexibility index (Phi) is 6.12. The highest BCUT2D eigenvalue weighted by Crippen LogP contribution is 2.22. The van der Waals surface area contributed by atoms with Crippen molar-refractivity contribution in [2.75, 3.05) is 11.1 Å². The highest BCUT2D eigenvalue weighted by molar-refractivity contribution is 7.99. The minimum Gasteiger partial charge on any atom is -0.296 e. The van der Waals surface area contributed by atoms with Crippen LogP contribution in [0.5, 0.6) is 0 Å². The number of amides is 1. The summed E-state index contributed by atoms with van der Waals surface area (Å²) in [7, 11) is 0. The van der Waals surface area contributed by atoms with E-state index >= 15 is 0 Å². The lowest BCUT2D eigenvalue weighted by molar-refractivity contribution is -0.112. The lowest BCUT2D eigenvalue weighted by atomic mass is 10.2. The van der Waals surface area contributed by atoms with Crippen molar-refractivity contribution in [2.45, 2.75) is 19.0 Å². The Hall–Kier alpha value is -1.69. The summed E-state index contributed by atoms with van der Waals surface area (Å²) in [6, 6.07) is 5.63. The van der Waals surface area contributed by atoms with Gasteiger partial charge in [0.25, 0.3) is 5.91 Å². The van der Waals surface area contributed by atoms with Gasteiger partial charge in [0.15, 0.2) is 0 Å². The molecule has 22 heavy (non-hydrogen) atoms. The highest BCUT2D eigenvalue weighted by Gasteiger charge is 2.13. The Balaban J connectivity index is 2.00. The molecular weight excluding hydrogens is 336 g/mol. The summed E-state index contributed by atoms with van der Waals surface area (Å²) in [5, 5.41) is 14.7. The van der Waals surface area contributed by atoms with Gasteiger partial charge in [-0.1, -0.05) is 31.7 Å². The predicted molar refractivity (Wildman–Crippen MR) is 92.0 cm³/mol. The second-order valence-electron chi connectivity index (χ2n) is 4.73. The number of rotatable bonds is 6. The molecule has 0 unspecified atom stereocenters.